The molecule has 0 saturated heterocycles. The Bertz CT molecular complexity index is 654. The van der Waals surface area contributed by atoms with E-state index in [-0.39, 0.29) is 5.76 Å². The number of hydrogen-bond donors (Lipinski definition) is 2. The summed E-state index contributed by atoms with van der Waals surface area (Å²) in [6, 6.07) is 3.25. The summed E-state index contributed by atoms with van der Waals surface area (Å²) < 4.78 is 6.47. The maximum Gasteiger partial charge on any atom is 0.331 e. The molecule has 0 aliphatic carbocycles. The molecule has 0 aromatic carbocycles. The SMILES string of the molecule is Cc1ccc(C(=O)Nc2cnn(C(C)(C)C(=O)O)c2)o1. The van der Waals surface area contributed by atoms with Gasteiger partial charge >= 0.3 is 5.97 Å². The molecule has 2 aromatic heterocycles. The van der Waals surface area contributed by atoms with Crippen LogP contribution in [0.3, 0.4) is 0 Å². The third-order valence-electron chi connectivity index (χ3n) is 2.90. The average molecular weight is 277 g/mol. The summed E-state index contributed by atoms with van der Waals surface area (Å²) in [5, 5.41) is 15.6. The molecule has 0 bridgehead atoms. The average Bonchev–Trinajstić information content (AvgIpc) is 2.98. The standard InChI is InChI=1S/C13H15N3O4/c1-8-4-5-10(20-8)11(17)15-9-6-14-16(7-9)13(2,3)12(18)19/h4-7H,1-3H3,(H,15,17)(H,18,19). The van der Waals surface area contributed by atoms with Crippen molar-refractivity contribution in [1.29, 1.82) is 0 Å². The molecule has 7 heteroatoms. The number of carbonyl (C=O) groups is 2. The Labute approximate surface area is 115 Å². The lowest BCUT2D eigenvalue weighted by Gasteiger charge is -2.19. The highest BCUT2D eigenvalue weighted by atomic mass is 16.4. The predicted molar refractivity (Wildman–Crippen MR) is 70.6 cm³/mol. The molecule has 20 heavy (non-hydrogen) atoms. The van der Waals surface area contributed by atoms with Crippen LogP contribution in [0.15, 0.2) is 28.9 Å². The quantitative estimate of drug-likeness (QED) is 0.888. The highest BCUT2D eigenvalue weighted by Crippen LogP contribution is 2.18. The number of aryl methyl sites for hydroxylation is 1. The van der Waals surface area contributed by atoms with Crippen LogP contribution in [0, 0.1) is 6.92 Å². The highest BCUT2D eigenvalue weighted by Gasteiger charge is 2.30. The Hall–Kier alpha value is -2.57. The molecule has 0 unspecified atom stereocenters. The molecule has 0 radical (unpaired) electrons. The Morgan fingerprint density at radius 3 is 2.65 bits per heavy atom. The summed E-state index contributed by atoms with van der Waals surface area (Å²) in [6.07, 6.45) is 2.85. The first-order chi connectivity index (χ1) is 9.30. The largest absolute Gasteiger partial charge is 0.479 e. The lowest BCUT2D eigenvalue weighted by atomic mass is 10.1. The fourth-order valence-corrected chi connectivity index (χ4v) is 1.54. The lowest BCUT2D eigenvalue weighted by Crippen LogP contribution is -2.35. The molecular formula is C13H15N3O4. The van der Waals surface area contributed by atoms with Crippen molar-refractivity contribution in [3.8, 4) is 0 Å². The molecule has 0 aliphatic heterocycles. The molecule has 0 saturated carbocycles. The zero-order valence-corrected chi connectivity index (χ0v) is 11.4. The number of nitrogens with one attached hydrogen (secondary N) is 1. The van der Waals surface area contributed by atoms with Gasteiger partial charge in [-0.15, -0.1) is 0 Å². The third kappa shape index (κ3) is 2.56. The minimum atomic E-state index is -1.19. The van der Waals surface area contributed by atoms with Crippen LogP contribution in [0.25, 0.3) is 0 Å². The third-order valence-corrected chi connectivity index (χ3v) is 2.90. The summed E-state index contributed by atoms with van der Waals surface area (Å²) in [5.74, 6) is -0.600. The monoisotopic (exact) mass is 277 g/mol. The van der Waals surface area contributed by atoms with Crippen LogP contribution < -0.4 is 5.32 Å². The first-order valence-electron chi connectivity index (χ1n) is 5.97. The van der Waals surface area contributed by atoms with Crippen molar-refractivity contribution in [3.05, 3.63) is 36.0 Å². The molecule has 0 spiro atoms. The molecule has 2 heterocycles. The van der Waals surface area contributed by atoms with E-state index in [4.69, 9.17) is 9.52 Å². The fraction of sp³-hybridized carbons (Fsp3) is 0.308. The minimum Gasteiger partial charge on any atom is -0.479 e. The van der Waals surface area contributed by atoms with Crippen LogP contribution in [0.1, 0.15) is 30.2 Å². The predicted octanol–water partition coefficient (Wildman–Crippen LogP) is 1.86. The van der Waals surface area contributed by atoms with Crippen molar-refractivity contribution in [2.45, 2.75) is 26.3 Å². The van der Waals surface area contributed by atoms with E-state index in [9.17, 15) is 9.59 Å². The van der Waals surface area contributed by atoms with Crippen LogP contribution in [-0.2, 0) is 10.3 Å². The van der Waals surface area contributed by atoms with Gasteiger partial charge in [0.05, 0.1) is 11.9 Å². The summed E-state index contributed by atoms with van der Waals surface area (Å²) in [7, 11) is 0. The summed E-state index contributed by atoms with van der Waals surface area (Å²) in [6.45, 7) is 4.78. The second-order valence-corrected chi connectivity index (χ2v) is 4.90. The number of carbonyl (C=O) groups excluding carboxylic acids is 1. The number of amides is 1. The maximum atomic E-state index is 11.9. The van der Waals surface area contributed by atoms with Crippen LogP contribution in [-0.4, -0.2) is 26.8 Å². The van der Waals surface area contributed by atoms with E-state index in [1.165, 1.54) is 30.9 Å². The number of aromatic nitrogens is 2. The van der Waals surface area contributed by atoms with E-state index >= 15 is 0 Å². The van der Waals surface area contributed by atoms with Crippen LogP contribution >= 0.6 is 0 Å². The topological polar surface area (TPSA) is 97.4 Å². The van der Waals surface area contributed by atoms with E-state index in [1.807, 2.05) is 0 Å². The number of hydrogen-bond acceptors (Lipinski definition) is 4. The maximum absolute atomic E-state index is 11.9. The minimum absolute atomic E-state index is 0.188. The van der Waals surface area contributed by atoms with Crippen LogP contribution in [0.4, 0.5) is 5.69 Å². The number of aliphatic carboxylic acids is 1. The van der Waals surface area contributed by atoms with E-state index in [0.717, 1.165) is 0 Å². The number of rotatable bonds is 4. The molecule has 0 aliphatic rings. The number of furan rings is 1. The molecule has 0 fully saturated rings. The first-order valence-corrected chi connectivity index (χ1v) is 5.97. The van der Waals surface area contributed by atoms with Crippen LogP contribution in [0.2, 0.25) is 0 Å². The van der Waals surface area contributed by atoms with Gasteiger partial charge in [0.25, 0.3) is 5.91 Å². The summed E-state index contributed by atoms with van der Waals surface area (Å²) in [5.41, 5.74) is -0.789. The molecule has 106 valence electrons. The Kier molecular flexibility index (Phi) is 3.35. The summed E-state index contributed by atoms with van der Waals surface area (Å²) >= 11 is 0. The van der Waals surface area contributed by atoms with Gasteiger partial charge in [-0.25, -0.2) is 4.79 Å². The molecular weight excluding hydrogens is 262 g/mol. The van der Waals surface area contributed by atoms with Gasteiger partial charge in [-0.05, 0) is 32.9 Å². The fourth-order valence-electron chi connectivity index (χ4n) is 1.54. The van der Waals surface area contributed by atoms with E-state index in [2.05, 4.69) is 10.4 Å². The second-order valence-electron chi connectivity index (χ2n) is 4.90. The van der Waals surface area contributed by atoms with Crippen molar-refractivity contribution in [3.63, 3.8) is 0 Å². The molecule has 7 nitrogen and oxygen atoms in total. The molecule has 2 N–H and O–H groups in total. The zero-order chi connectivity index (χ0) is 14.9. The van der Waals surface area contributed by atoms with E-state index in [0.29, 0.717) is 11.4 Å². The van der Waals surface area contributed by atoms with Crippen molar-refractivity contribution in [2.75, 3.05) is 5.32 Å². The van der Waals surface area contributed by atoms with Crippen molar-refractivity contribution in [1.82, 2.24) is 9.78 Å². The zero-order valence-electron chi connectivity index (χ0n) is 11.4. The number of carboxylic acid groups (broad SMARTS) is 1. The summed E-state index contributed by atoms with van der Waals surface area (Å²) in [4.78, 5) is 23.0. The molecule has 0 atom stereocenters. The van der Waals surface area contributed by atoms with Gasteiger partial charge in [0, 0.05) is 6.20 Å². The Morgan fingerprint density at radius 2 is 2.10 bits per heavy atom. The van der Waals surface area contributed by atoms with E-state index in [1.54, 1.807) is 19.1 Å². The molecule has 2 aromatic rings. The van der Waals surface area contributed by atoms with Crippen molar-refractivity contribution >= 4 is 17.6 Å². The molecule has 2 rings (SSSR count). The lowest BCUT2D eigenvalue weighted by molar-refractivity contribution is -0.146. The smallest absolute Gasteiger partial charge is 0.331 e. The van der Waals surface area contributed by atoms with Gasteiger partial charge in [0.2, 0.25) is 0 Å². The van der Waals surface area contributed by atoms with Gasteiger partial charge in [0.15, 0.2) is 11.3 Å². The Morgan fingerprint density at radius 1 is 1.40 bits per heavy atom. The van der Waals surface area contributed by atoms with Gasteiger partial charge in [-0.2, -0.15) is 5.10 Å². The molecule has 1 amide bonds. The van der Waals surface area contributed by atoms with Gasteiger partial charge < -0.3 is 14.8 Å². The van der Waals surface area contributed by atoms with Gasteiger partial charge in [-0.1, -0.05) is 0 Å². The van der Waals surface area contributed by atoms with Gasteiger partial charge in [0.1, 0.15) is 5.76 Å². The Balaban J connectivity index is 2.14. The normalized spacial score (nSPS) is 11.3. The van der Waals surface area contributed by atoms with Crippen molar-refractivity contribution < 1.29 is 19.1 Å². The van der Waals surface area contributed by atoms with Gasteiger partial charge in [-0.3, -0.25) is 9.48 Å². The van der Waals surface area contributed by atoms with E-state index < -0.39 is 17.4 Å². The second kappa shape index (κ2) is 4.84. The highest BCUT2D eigenvalue weighted by molar-refractivity contribution is 6.02. The first kappa shape index (κ1) is 13.9. The number of anilines is 1. The van der Waals surface area contributed by atoms with Crippen LogP contribution in [0.5, 0.6) is 0 Å². The number of carboxylic acids is 1. The van der Waals surface area contributed by atoms with Crippen molar-refractivity contribution in [2.24, 2.45) is 0 Å². The number of nitrogens with zero attached hydrogens (tertiary/aromatic N) is 2.